The number of nitrogens with one attached hydrogen (secondary N) is 1. The minimum atomic E-state index is -0.375. The number of benzene rings is 1. The molecule has 0 aliphatic carbocycles. The molecule has 17 heavy (non-hydrogen) atoms. The molecule has 0 spiro atoms. The molecule has 0 saturated heterocycles. The number of carbonyl (C=O) groups is 2. The number of nitrogens with zero attached hydrogens (tertiary/aromatic N) is 1. The molecular formula is C11H13N3O2S. The van der Waals surface area contributed by atoms with Gasteiger partial charge in [-0.1, -0.05) is 12.1 Å². The maximum Gasteiger partial charge on any atom is 0.253 e. The van der Waals surface area contributed by atoms with Gasteiger partial charge in [0.1, 0.15) is 6.54 Å². The van der Waals surface area contributed by atoms with Gasteiger partial charge in [0.05, 0.1) is 5.69 Å². The number of thioether (sulfide) groups is 1. The molecule has 6 heteroatoms. The third kappa shape index (κ3) is 2.59. The molecule has 3 N–H and O–H groups in total. The number of anilines is 1. The van der Waals surface area contributed by atoms with E-state index in [0.29, 0.717) is 6.42 Å². The molecule has 0 aromatic heterocycles. The molecule has 0 radical (unpaired) electrons. The molecular weight excluding hydrogens is 238 g/mol. The fourth-order valence-corrected chi connectivity index (χ4v) is 2.68. The van der Waals surface area contributed by atoms with E-state index in [1.807, 2.05) is 29.7 Å². The number of carbonyl (C=O) groups excluding carboxylic acids is 2. The van der Waals surface area contributed by atoms with Crippen LogP contribution in [0, 0.1) is 0 Å². The average Bonchev–Trinajstić information content (AvgIpc) is 2.50. The standard InChI is InChI=1S/C11H13N3O2S/c12-13-10(15)7-14-8-3-1-2-4-9(8)17-6-5-11(14)16/h1-4H,5-7,12H2,(H,13,15). The molecule has 1 aliphatic rings. The Morgan fingerprint density at radius 2 is 2.24 bits per heavy atom. The van der Waals surface area contributed by atoms with Crippen LogP contribution in [0.15, 0.2) is 29.2 Å². The van der Waals surface area contributed by atoms with Crippen molar-refractivity contribution in [2.24, 2.45) is 5.84 Å². The highest BCUT2D eigenvalue weighted by molar-refractivity contribution is 7.99. The molecule has 0 unspecified atom stereocenters. The zero-order chi connectivity index (χ0) is 12.3. The minimum absolute atomic E-state index is 0.0348. The molecule has 0 fully saturated rings. The number of rotatable bonds is 2. The molecule has 0 bridgehead atoms. The van der Waals surface area contributed by atoms with E-state index in [1.165, 1.54) is 4.90 Å². The predicted molar refractivity (Wildman–Crippen MR) is 66.5 cm³/mol. The van der Waals surface area contributed by atoms with Gasteiger partial charge in [0.2, 0.25) is 5.91 Å². The van der Waals surface area contributed by atoms with Gasteiger partial charge in [-0.25, -0.2) is 5.84 Å². The Morgan fingerprint density at radius 1 is 1.47 bits per heavy atom. The van der Waals surface area contributed by atoms with E-state index in [4.69, 9.17) is 5.84 Å². The third-order valence-corrected chi connectivity index (χ3v) is 3.56. The van der Waals surface area contributed by atoms with Crippen LogP contribution in [0.5, 0.6) is 0 Å². The number of hydrogen-bond acceptors (Lipinski definition) is 4. The van der Waals surface area contributed by atoms with Gasteiger partial charge < -0.3 is 4.90 Å². The lowest BCUT2D eigenvalue weighted by Gasteiger charge is -2.21. The lowest BCUT2D eigenvalue weighted by molar-refractivity contribution is -0.123. The summed E-state index contributed by atoms with van der Waals surface area (Å²) in [7, 11) is 0. The van der Waals surface area contributed by atoms with Crippen LogP contribution in [-0.2, 0) is 9.59 Å². The van der Waals surface area contributed by atoms with E-state index in [-0.39, 0.29) is 18.4 Å². The number of hydrazine groups is 1. The van der Waals surface area contributed by atoms with Gasteiger partial charge in [-0.05, 0) is 12.1 Å². The highest BCUT2D eigenvalue weighted by Gasteiger charge is 2.23. The summed E-state index contributed by atoms with van der Waals surface area (Å²) < 4.78 is 0. The van der Waals surface area contributed by atoms with Gasteiger partial charge in [0, 0.05) is 17.1 Å². The largest absolute Gasteiger partial charge is 0.302 e. The SMILES string of the molecule is NNC(=O)CN1C(=O)CCSc2ccccc21. The summed E-state index contributed by atoms with van der Waals surface area (Å²) in [4.78, 5) is 25.7. The normalized spacial score (nSPS) is 15.1. The summed E-state index contributed by atoms with van der Waals surface area (Å²) in [6.45, 7) is -0.0348. The first-order chi connectivity index (χ1) is 8.22. The van der Waals surface area contributed by atoms with E-state index in [1.54, 1.807) is 11.8 Å². The number of amides is 2. The van der Waals surface area contributed by atoms with Crippen LogP contribution in [0.4, 0.5) is 5.69 Å². The van der Waals surface area contributed by atoms with Crippen LogP contribution in [0.1, 0.15) is 6.42 Å². The van der Waals surface area contributed by atoms with E-state index >= 15 is 0 Å². The first-order valence-corrected chi connectivity index (χ1v) is 6.22. The molecule has 0 saturated carbocycles. The quantitative estimate of drug-likeness (QED) is 0.456. The van der Waals surface area contributed by atoms with Crippen molar-refractivity contribution in [3.63, 3.8) is 0 Å². The lowest BCUT2D eigenvalue weighted by Crippen LogP contribution is -2.43. The van der Waals surface area contributed by atoms with Gasteiger partial charge >= 0.3 is 0 Å². The second-order valence-electron chi connectivity index (χ2n) is 3.61. The predicted octanol–water partition coefficient (Wildman–Crippen LogP) is 0.505. The van der Waals surface area contributed by atoms with Crippen LogP contribution >= 0.6 is 11.8 Å². The second-order valence-corrected chi connectivity index (χ2v) is 4.75. The fourth-order valence-electron chi connectivity index (χ4n) is 1.68. The molecule has 5 nitrogen and oxygen atoms in total. The molecule has 90 valence electrons. The maximum absolute atomic E-state index is 11.9. The minimum Gasteiger partial charge on any atom is -0.302 e. The second kappa shape index (κ2) is 5.20. The van der Waals surface area contributed by atoms with Crippen molar-refractivity contribution in [1.82, 2.24) is 5.43 Å². The topological polar surface area (TPSA) is 75.4 Å². The van der Waals surface area contributed by atoms with Crippen molar-refractivity contribution in [3.8, 4) is 0 Å². The Balaban J connectivity index is 2.33. The molecule has 0 atom stereocenters. The maximum atomic E-state index is 11.9. The smallest absolute Gasteiger partial charge is 0.253 e. The summed E-state index contributed by atoms with van der Waals surface area (Å²) in [6, 6.07) is 7.56. The van der Waals surface area contributed by atoms with Gasteiger partial charge in [0.25, 0.3) is 5.91 Å². The summed E-state index contributed by atoms with van der Waals surface area (Å²) in [6.07, 6.45) is 0.428. The summed E-state index contributed by atoms with van der Waals surface area (Å²) in [5.41, 5.74) is 2.83. The highest BCUT2D eigenvalue weighted by atomic mass is 32.2. The number of nitrogens with two attached hydrogens (primary N) is 1. The Hall–Kier alpha value is -1.53. The highest BCUT2D eigenvalue weighted by Crippen LogP contribution is 2.33. The summed E-state index contributed by atoms with van der Waals surface area (Å²) >= 11 is 1.63. The number of hydrogen-bond donors (Lipinski definition) is 2. The van der Waals surface area contributed by atoms with E-state index in [9.17, 15) is 9.59 Å². The van der Waals surface area contributed by atoms with E-state index in [2.05, 4.69) is 0 Å². The van der Waals surface area contributed by atoms with E-state index < -0.39 is 0 Å². The van der Waals surface area contributed by atoms with Crippen LogP contribution in [-0.4, -0.2) is 24.1 Å². The van der Waals surface area contributed by atoms with Crippen molar-refractivity contribution in [1.29, 1.82) is 0 Å². The summed E-state index contributed by atoms with van der Waals surface area (Å²) in [5.74, 6) is 5.36. The van der Waals surface area contributed by atoms with Crippen LogP contribution in [0.25, 0.3) is 0 Å². The Bertz CT molecular complexity index is 450. The molecule has 1 aromatic rings. The van der Waals surface area contributed by atoms with Crippen LogP contribution in [0.3, 0.4) is 0 Å². The first-order valence-electron chi connectivity index (χ1n) is 5.24. The van der Waals surface area contributed by atoms with Gasteiger partial charge in [-0.2, -0.15) is 0 Å². The molecule has 1 aliphatic heterocycles. The van der Waals surface area contributed by atoms with E-state index in [0.717, 1.165) is 16.3 Å². The Kier molecular flexibility index (Phi) is 3.65. The average molecular weight is 251 g/mol. The van der Waals surface area contributed by atoms with Crippen molar-refractivity contribution >= 4 is 29.3 Å². The zero-order valence-corrected chi connectivity index (χ0v) is 10.00. The number of para-hydroxylation sites is 1. The van der Waals surface area contributed by atoms with Crippen LogP contribution in [0.2, 0.25) is 0 Å². The van der Waals surface area contributed by atoms with Crippen molar-refractivity contribution < 1.29 is 9.59 Å². The monoisotopic (exact) mass is 251 g/mol. The molecule has 2 amide bonds. The van der Waals surface area contributed by atoms with Gasteiger partial charge in [0.15, 0.2) is 0 Å². The van der Waals surface area contributed by atoms with Gasteiger partial charge in [-0.15, -0.1) is 11.8 Å². The van der Waals surface area contributed by atoms with Crippen molar-refractivity contribution in [3.05, 3.63) is 24.3 Å². The summed E-state index contributed by atoms with van der Waals surface area (Å²) in [5, 5.41) is 0. The lowest BCUT2D eigenvalue weighted by atomic mass is 10.2. The third-order valence-electron chi connectivity index (χ3n) is 2.49. The molecule has 1 heterocycles. The Labute approximate surface area is 103 Å². The molecule has 1 aromatic carbocycles. The van der Waals surface area contributed by atoms with Crippen molar-refractivity contribution in [2.75, 3.05) is 17.2 Å². The first kappa shape index (κ1) is 11.9. The van der Waals surface area contributed by atoms with Crippen molar-refractivity contribution in [2.45, 2.75) is 11.3 Å². The zero-order valence-electron chi connectivity index (χ0n) is 9.18. The Morgan fingerprint density at radius 3 is 3.00 bits per heavy atom. The number of fused-ring (bicyclic) bond motifs is 1. The van der Waals surface area contributed by atoms with Gasteiger partial charge in [-0.3, -0.25) is 15.0 Å². The van der Waals surface area contributed by atoms with Crippen LogP contribution < -0.4 is 16.2 Å². The molecule has 2 rings (SSSR count). The fraction of sp³-hybridized carbons (Fsp3) is 0.273.